The SMILES string of the molecule is CC[N+]1(C)[C@@H]2CC[C@H]1CC(OC(=O)C1CCCC=C1c1ccccc1)C2. The van der Waals surface area contributed by atoms with E-state index in [1.807, 2.05) is 6.07 Å². The summed E-state index contributed by atoms with van der Waals surface area (Å²) in [6, 6.07) is 11.7. The lowest BCUT2D eigenvalue weighted by molar-refractivity contribution is -0.947. The third-order valence-electron chi connectivity index (χ3n) is 7.36. The molecule has 2 saturated heterocycles. The molecule has 2 aliphatic heterocycles. The Morgan fingerprint density at radius 2 is 1.81 bits per heavy atom. The Morgan fingerprint density at radius 1 is 1.12 bits per heavy atom. The fourth-order valence-electron chi connectivity index (χ4n) is 5.62. The molecule has 3 unspecified atom stereocenters. The van der Waals surface area contributed by atoms with Gasteiger partial charge >= 0.3 is 5.97 Å². The molecule has 0 N–H and O–H groups in total. The van der Waals surface area contributed by atoms with Crippen LogP contribution in [0.25, 0.3) is 5.57 Å². The highest BCUT2D eigenvalue weighted by molar-refractivity contribution is 5.89. The molecule has 1 aromatic carbocycles. The topological polar surface area (TPSA) is 26.3 Å². The zero-order valence-corrected chi connectivity index (χ0v) is 16.2. The second kappa shape index (κ2) is 7.19. The van der Waals surface area contributed by atoms with Crippen LogP contribution in [0.2, 0.25) is 0 Å². The van der Waals surface area contributed by atoms with E-state index in [4.69, 9.17) is 4.74 Å². The van der Waals surface area contributed by atoms with Gasteiger partial charge in [-0.1, -0.05) is 36.4 Å². The van der Waals surface area contributed by atoms with E-state index in [-0.39, 0.29) is 18.0 Å². The van der Waals surface area contributed by atoms with Gasteiger partial charge in [-0.25, -0.2) is 0 Å². The fourth-order valence-corrected chi connectivity index (χ4v) is 5.62. The molecule has 0 radical (unpaired) electrons. The summed E-state index contributed by atoms with van der Waals surface area (Å²) in [4.78, 5) is 13.0. The van der Waals surface area contributed by atoms with Gasteiger partial charge in [0.1, 0.15) is 6.10 Å². The largest absolute Gasteiger partial charge is 0.461 e. The number of carbonyl (C=O) groups excluding carboxylic acids is 1. The molecule has 26 heavy (non-hydrogen) atoms. The number of benzene rings is 1. The molecule has 1 aromatic rings. The van der Waals surface area contributed by atoms with Crippen molar-refractivity contribution in [2.45, 2.75) is 70.1 Å². The Hall–Kier alpha value is -1.61. The summed E-state index contributed by atoms with van der Waals surface area (Å²) in [7, 11) is 2.40. The maximum atomic E-state index is 13.0. The lowest BCUT2D eigenvalue weighted by atomic mass is 9.83. The van der Waals surface area contributed by atoms with Crippen LogP contribution in [0.5, 0.6) is 0 Å². The van der Waals surface area contributed by atoms with Crippen LogP contribution in [0.3, 0.4) is 0 Å². The molecule has 0 aromatic heterocycles. The third-order valence-corrected chi connectivity index (χ3v) is 7.36. The first kappa shape index (κ1) is 17.8. The van der Waals surface area contributed by atoms with Crippen LogP contribution in [0.4, 0.5) is 0 Å². The quantitative estimate of drug-likeness (QED) is 0.585. The van der Waals surface area contributed by atoms with Crippen LogP contribution in [0.15, 0.2) is 36.4 Å². The second-order valence-corrected chi connectivity index (χ2v) is 8.59. The molecule has 5 atom stereocenters. The van der Waals surface area contributed by atoms with Gasteiger partial charge in [0.25, 0.3) is 0 Å². The van der Waals surface area contributed by atoms with Gasteiger partial charge in [0, 0.05) is 25.7 Å². The van der Waals surface area contributed by atoms with Crippen LogP contribution in [0, 0.1) is 5.92 Å². The Morgan fingerprint density at radius 3 is 2.46 bits per heavy atom. The summed E-state index contributed by atoms with van der Waals surface area (Å²) in [5.41, 5.74) is 2.35. The average Bonchev–Trinajstić information content (AvgIpc) is 2.85. The minimum Gasteiger partial charge on any atom is -0.461 e. The molecule has 2 fully saturated rings. The molecular weight excluding hydrogens is 322 g/mol. The van der Waals surface area contributed by atoms with E-state index in [1.165, 1.54) is 35.0 Å². The summed E-state index contributed by atoms with van der Waals surface area (Å²) in [5, 5.41) is 0. The van der Waals surface area contributed by atoms with Crippen molar-refractivity contribution in [2.75, 3.05) is 13.6 Å². The van der Waals surface area contributed by atoms with Crippen molar-refractivity contribution in [1.29, 1.82) is 0 Å². The zero-order chi connectivity index (χ0) is 18.1. The zero-order valence-electron chi connectivity index (χ0n) is 16.2. The van der Waals surface area contributed by atoms with Gasteiger partial charge < -0.3 is 9.22 Å². The number of quaternary nitrogens is 1. The molecule has 3 aliphatic rings. The lowest BCUT2D eigenvalue weighted by Gasteiger charge is -2.46. The molecule has 4 rings (SSSR count). The Kier molecular flexibility index (Phi) is 4.92. The van der Waals surface area contributed by atoms with Crippen molar-refractivity contribution in [1.82, 2.24) is 0 Å². The minimum absolute atomic E-state index is 0.0109. The van der Waals surface area contributed by atoms with Crippen LogP contribution in [-0.4, -0.2) is 42.2 Å². The maximum Gasteiger partial charge on any atom is 0.313 e. The van der Waals surface area contributed by atoms with Gasteiger partial charge in [-0.2, -0.15) is 0 Å². The molecule has 2 bridgehead atoms. The monoisotopic (exact) mass is 354 g/mol. The van der Waals surface area contributed by atoms with Gasteiger partial charge in [0.2, 0.25) is 0 Å². The molecular formula is C23H32NO2+. The van der Waals surface area contributed by atoms with Gasteiger partial charge in [0.15, 0.2) is 0 Å². The predicted molar refractivity (Wildman–Crippen MR) is 104 cm³/mol. The number of hydrogen-bond acceptors (Lipinski definition) is 2. The van der Waals surface area contributed by atoms with Crippen LogP contribution in [0.1, 0.15) is 57.4 Å². The highest BCUT2D eigenvalue weighted by Crippen LogP contribution is 2.42. The van der Waals surface area contributed by atoms with Gasteiger partial charge in [-0.3, -0.25) is 4.79 Å². The van der Waals surface area contributed by atoms with E-state index in [2.05, 4.69) is 44.3 Å². The van der Waals surface area contributed by atoms with Gasteiger partial charge in [0.05, 0.1) is 31.6 Å². The Labute approximate surface area is 157 Å². The first-order chi connectivity index (χ1) is 12.6. The molecule has 3 heteroatoms. The number of allylic oxidation sites excluding steroid dienone is 1. The van der Waals surface area contributed by atoms with Gasteiger partial charge in [-0.05, 0) is 37.3 Å². The number of ether oxygens (including phenoxy) is 1. The summed E-state index contributed by atoms with van der Waals surface area (Å²) in [5.74, 6) is -0.0745. The van der Waals surface area contributed by atoms with Crippen molar-refractivity contribution in [2.24, 2.45) is 5.92 Å². The molecule has 3 nitrogen and oxygen atoms in total. The molecule has 0 saturated carbocycles. The molecule has 140 valence electrons. The Bertz CT molecular complexity index is 667. The smallest absolute Gasteiger partial charge is 0.313 e. The maximum absolute atomic E-state index is 13.0. The van der Waals surface area contributed by atoms with E-state index in [9.17, 15) is 4.79 Å². The number of fused-ring (bicyclic) bond motifs is 2. The second-order valence-electron chi connectivity index (χ2n) is 8.59. The van der Waals surface area contributed by atoms with Crippen LogP contribution < -0.4 is 0 Å². The van der Waals surface area contributed by atoms with Crippen molar-refractivity contribution in [3.05, 3.63) is 42.0 Å². The minimum atomic E-state index is -0.0854. The summed E-state index contributed by atoms with van der Waals surface area (Å²) in [6.45, 7) is 3.50. The molecule has 2 heterocycles. The fraction of sp³-hybridized carbons (Fsp3) is 0.609. The molecule has 0 spiro atoms. The highest BCUT2D eigenvalue weighted by Gasteiger charge is 2.51. The normalized spacial score (nSPS) is 36.5. The number of nitrogens with zero attached hydrogens (tertiary/aromatic N) is 1. The average molecular weight is 355 g/mol. The van der Waals surface area contributed by atoms with Crippen LogP contribution >= 0.6 is 0 Å². The number of carbonyl (C=O) groups is 1. The lowest BCUT2D eigenvalue weighted by Crippen LogP contribution is -2.58. The first-order valence-electron chi connectivity index (χ1n) is 10.4. The predicted octanol–water partition coefficient (Wildman–Crippen LogP) is 4.57. The summed E-state index contributed by atoms with van der Waals surface area (Å²) >= 11 is 0. The van der Waals surface area contributed by atoms with Crippen molar-refractivity contribution >= 4 is 11.5 Å². The third kappa shape index (κ3) is 3.11. The van der Waals surface area contributed by atoms with E-state index in [0.717, 1.165) is 32.1 Å². The summed E-state index contributed by atoms with van der Waals surface area (Å²) < 4.78 is 7.30. The van der Waals surface area contributed by atoms with Crippen LogP contribution in [-0.2, 0) is 9.53 Å². The summed E-state index contributed by atoms with van der Waals surface area (Å²) in [6.07, 6.45) is 10.1. The number of rotatable bonds is 4. The Balaban J connectivity index is 1.45. The van der Waals surface area contributed by atoms with Crippen molar-refractivity contribution < 1.29 is 14.0 Å². The number of hydrogen-bond donors (Lipinski definition) is 0. The van der Waals surface area contributed by atoms with Gasteiger partial charge in [-0.15, -0.1) is 0 Å². The highest BCUT2D eigenvalue weighted by atomic mass is 16.5. The van der Waals surface area contributed by atoms with Crippen molar-refractivity contribution in [3.63, 3.8) is 0 Å². The first-order valence-corrected chi connectivity index (χ1v) is 10.4. The number of esters is 1. The standard InChI is InChI=1S/C23H32NO2/c1-3-24(2)18-13-14-19(24)16-20(15-18)26-23(25)22-12-8-7-11-21(22)17-9-5-4-6-10-17/h4-6,9-11,18-20,22H,3,7-8,12-16H2,1-2H3/q+1/t18-,19+,20?,22?,24?. The van der Waals surface area contributed by atoms with E-state index in [1.54, 1.807) is 0 Å². The number of piperidine rings is 1. The molecule has 0 amide bonds. The van der Waals surface area contributed by atoms with E-state index < -0.39 is 0 Å². The van der Waals surface area contributed by atoms with E-state index in [0.29, 0.717) is 12.1 Å². The van der Waals surface area contributed by atoms with E-state index >= 15 is 0 Å². The van der Waals surface area contributed by atoms with Crippen molar-refractivity contribution in [3.8, 4) is 0 Å². The molecule has 1 aliphatic carbocycles.